The number of carboxylic acid groups (broad SMARTS) is 1. The lowest BCUT2D eigenvalue weighted by Crippen LogP contribution is -2.02. The molecule has 3 rings (SSSR count). The fourth-order valence-electron chi connectivity index (χ4n) is 2.08. The van der Waals surface area contributed by atoms with Gasteiger partial charge in [-0.25, -0.2) is 4.98 Å². The minimum atomic E-state index is -0.807. The van der Waals surface area contributed by atoms with Crippen molar-refractivity contribution in [2.45, 2.75) is 31.7 Å². The highest BCUT2D eigenvalue weighted by atomic mass is 32.1. The first kappa shape index (κ1) is 13.1. The van der Waals surface area contributed by atoms with Gasteiger partial charge < -0.3 is 10.4 Å². The second kappa shape index (κ2) is 5.63. The van der Waals surface area contributed by atoms with E-state index < -0.39 is 5.97 Å². The quantitative estimate of drug-likeness (QED) is 0.856. The highest BCUT2D eigenvalue weighted by Gasteiger charge is 2.26. The van der Waals surface area contributed by atoms with E-state index in [0.717, 1.165) is 17.8 Å². The minimum absolute atomic E-state index is 0.0574. The molecule has 1 aliphatic carbocycles. The molecule has 0 radical (unpaired) electrons. The van der Waals surface area contributed by atoms with Crippen LogP contribution in [0.5, 0.6) is 0 Å². The third-order valence-electron chi connectivity index (χ3n) is 3.25. The van der Waals surface area contributed by atoms with E-state index in [-0.39, 0.29) is 6.42 Å². The zero-order valence-corrected chi connectivity index (χ0v) is 11.8. The summed E-state index contributed by atoms with van der Waals surface area (Å²) >= 11 is 1.77. The molecule has 1 aromatic heterocycles. The molecule has 0 bridgehead atoms. The minimum Gasteiger partial charge on any atom is -0.481 e. The van der Waals surface area contributed by atoms with Crippen LogP contribution in [0.3, 0.4) is 0 Å². The van der Waals surface area contributed by atoms with Gasteiger partial charge in [-0.2, -0.15) is 0 Å². The number of aliphatic carboxylic acids is 1. The Balaban J connectivity index is 1.60. The number of nitrogens with one attached hydrogen (secondary N) is 1. The predicted molar refractivity (Wildman–Crippen MR) is 79.2 cm³/mol. The summed E-state index contributed by atoms with van der Waals surface area (Å²) < 4.78 is 0. The van der Waals surface area contributed by atoms with Crippen molar-refractivity contribution < 1.29 is 9.90 Å². The van der Waals surface area contributed by atoms with Crippen molar-refractivity contribution in [2.75, 3.05) is 5.32 Å². The molecule has 1 saturated carbocycles. The highest BCUT2D eigenvalue weighted by molar-refractivity contribution is 7.11. The summed E-state index contributed by atoms with van der Waals surface area (Å²) in [7, 11) is 0. The maximum atomic E-state index is 10.7. The summed E-state index contributed by atoms with van der Waals surface area (Å²) in [6.45, 7) is 0.737. The van der Waals surface area contributed by atoms with E-state index >= 15 is 0 Å². The van der Waals surface area contributed by atoms with Crippen LogP contribution >= 0.6 is 11.3 Å². The smallest absolute Gasteiger partial charge is 0.307 e. The summed E-state index contributed by atoms with van der Waals surface area (Å²) in [6.07, 6.45) is 4.55. The lowest BCUT2D eigenvalue weighted by atomic mass is 10.1. The lowest BCUT2D eigenvalue weighted by Gasteiger charge is -2.06. The first-order chi connectivity index (χ1) is 9.70. The molecule has 1 aromatic carbocycles. The van der Waals surface area contributed by atoms with Gasteiger partial charge >= 0.3 is 5.97 Å². The van der Waals surface area contributed by atoms with Crippen LogP contribution in [0.15, 0.2) is 30.5 Å². The number of hydrogen-bond acceptors (Lipinski definition) is 4. The Morgan fingerprint density at radius 1 is 1.45 bits per heavy atom. The number of carboxylic acids is 1. The van der Waals surface area contributed by atoms with Crippen molar-refractivity contribution in [1.29, 1.82) is 0 Å². The summed E-state index contributed by atoms with van der Waals surface area (Å²) in [4.78, 5) is 16.4. The zero-order chi connectivity index (χ0) is 13.9. The third kappa shape index (κ3) is 3.36. The number of rotatable bonds is 6. The van der Waals surface area contributed by atoms with Crippen molar-refractivity contribution in [3.05, 3.63) is 45.9 Å². The van der Waals surface area contributed by atoms with E-state index in [1.807, 2.05) is 30.5 Å². The van der Waals surface area contributed by atoms with Crippen molar-refractivity contribution in [2.24, 2.45) is 0 Å². The van der Waals surface area contributed by atoms with Gasteiger partial charge in [-0.05, 0) is 30.5 Å². The van der Waals surface area contributed by atoms with Gasteiger partial charge in [0.1, 0.15) is 0 Å². The average molecular weight is 288 g/mol. The summed E-state index contributed by atoms with van der Waals surface area (Å²) in [5.74, 6) is -0.105. The van der Waals surface area contributed by atoms with E-state index in [1.54, 1.807) is 11.3 Å². The lowest BCUT2D eigenvalue weighted by molar-refractivity contribution is -0.136. The summed E-state index contributed by atoms with van der Waals surface area (Å²) in [5, 5.41) is 13.4. The molecule has 20 heavy (non-hydrogen) atoms. The number of benzene rings is 1. The largest absolute Gasteiger partial charge is 0.481 e. The first-order valence-corrected chi connectivity index (χ1v) is 7.51. The van der Waals surface area contributed by atoms with E-state index in [0.29, 0.717) is 5.92 Å². The molecule has 0 amide bonds. The molecular weight excluding hydrogens is 272 g/mol. The molecule has 1 aliphatic rings. The standard InChI is InChI=1S/C15H16N2O2S/c18-14(19)7-10-2-1-3-12(6-10)16-8-13-9-17-15(20-13)11-4-5-11/h1-3,6,9,11,16H,4-5,7-8H2,(H,18,19). The van der Waals surface area contributed by atoms with Gasteiger partial charge in [0.05, 0.1) is 18.0 Å². The fourth-order valence-corrected chi connectivity index (χ4v) is 3.10. The summed E-state index contributed by atoms with van der Waals surface area (Å²) in [5.41, 5.74) is 1.76. The molecule has 5 heteroatoms. The van der Waals surface area contributed by atoms with Gasteiger partial charge in [0.2, 0.25) is 0 Å². The number of aromatic nitrogens is 1. The Morgan fingerprint density at radius 3 is 3.05 bits per heavy atom. The number of thiazole rings is 1. The van der Waals surface area contributed by atoms with Crippen LogP contribution in [0, 0.1) is 0 Å². The number of hydrogen-bond donors (Lipinski definition) is 2. The molecule has 4 nitrogen and oxygen atoms in total. The van der Waals surface area contributed by atoms with Crippen molar-refractivity contribution in [1.82, 2.24) is 4.98 Å². The molecule has 2 N–H and O–H groups in total. The zero-order valence-electron chi connectivity index (χ0n) is 11.0. The maximum absolute atomic E-state index is 10.7. The van der Waals surface area contributed by atoms with Gasteiger partial charge in [0, 0.05) is 22.7 Å². The highest BCUT2D eigenvalue weighted by Crippen LogP contribution is 2.41. The Kier molecular flexibility index (Phi) is 3.69. The molecule has 2 aromatic rings. The van der Waals surface area contributed by atoms with Crippen LogP contribution in [-0.2, 0) is 17.8 Å². The van der Waals surface area contributed by atoms with Crippen molar-refractivity contribution in [3.63, 3.8) is 0 Å². The van der Waals surface area contributed by atoms with Crippen molar-refractivity contribution in [3.8, 4) is 0 Å². The normalized spacial score (nSPS) is 14.2. The monoisotopic (exact) mass is 288 g/mol. The van der Waals surface area contributed by atoms with E-state index in [4.69, 9.17) is 5.11 Å². The predicted octanol–water partition coefficient (Wildman–Crippen LogP) is 3.26. The van der Waals surface area contributed by atoms with Crippen molar-refractivity contribution >= 4 is 23.0 Å². The average Bonchev–Trinajstić information content (AvgIpc) is 3.16. The SMILES string of the molecule is O=C(O)Cc1cccc(NCc2cnc(C3CC3)s2)c1. The topological polar surface area (TPSA) is 62.2 Å². The van der Waals surface area contributed by atoms with Gasteiger partial charge in [-0.15, -0.1) is 11.3 Å². The number of anilines is 1. The number of nitrogens with zero attached hydrogens (tertiary/aromatic N) is 1. The maximum Gasteiger partial charge on any atom is 0.307 e. The Morgan fingerprint density at radius 2 is 2.30 bits per heavy atom. The van der Waals surface area contributed by atoms with Gasteiger partial charge in [0.25, 0.3) is 0 Å². The van der Waals surface area contributed by atoms with Crippen LogP contribution in [0.1, 0.15) is 34.2 Å². The molecule has 1 heterocycles. The van der Waals surface area contributed by atoms with Crippen LogP contribution in [0.25, 0.3) is 0 Å². The molecule has 0 aliphatic heterocycles. The Bertz CT molecular complexity index is 620. The van der Waals surface area contributed by atoms with Crippen LogP contribution in [0.4, 0.5) is 5.69 Å². The second-order valence-electron chi connectivity index (χ2n) is 5.06. The molecule has 0 unspecified atom stereocenters. The van der Waals surface area contributed by atoms with Crippen LogP contribution in [-0.4, -0.2) is 16.1 Å². The van der Waals surface area contributed by atoms with Crippen LogP contribution in [0.2, 0.25) is 0 Å². The summed E-state index contributed by atoms with van der Waals surface area (Å²) in [6, 6.07) is 7.55. The van der Waals surface area contributed by atoms with E-state index in [2.05, 4.69) is 10.3 Å². The third-order valence-corrected chi connectivity index (χ3v) is 4.41. The number of carbonyl (C=O) groups is 1. The molecule has 0 atom stereocenters. The second-order valence-corrected chi connectivity index (χ2v) is 6.21. The van der Waals surface area contributed by atoms with E-state index in [1.165, 1.54) is 22.7 Å². The Labute approximate surface area is 121 Å². The first-order valence-electron chi connectivity index (χ1n) is 6.70. The molecular formula is C15H16N2O2S. The van der Waals surface area contributed by atoms with Gasteiger partial charge in [-0.1, -0.05) is 12.1 Å². The fraction of sp³-hybridized carbons (Fsp3) is 0.333. The molecule has 0 spiro atoms. The van der Waals surface area contributed by atoms with Gasteiger partial charge in [-0.3, -0.25) is 4.79 Å². The van der Waals surface area contributed by atoms with Crippen LogP contribution < -0.4 is 5.32 Å². The molecule has 104 valence electrons. The molecule has 1 fully saturated rings. The molecule has 0 saturated heterocycles. The van der Waals surface area contributed by atoms with E-state index in [9.17, 15) is 4.79 Å². The van der Waals surface area contributed by atoms with Gasteiger partial charge in [0.15, 0.2) is 0 Å². The Hall–Kier alpha value is -1.88.